The number of furan rings is 1. The number of hydrogen-bond donors (Lipinski definition) is 2. The highest BCUT2D eigenvalue weighted by Crippen LogP contribution is 2.19. The summed E-state index contributed by atoms with van der Waals surface area (Å²) in [5.41, 5.74) is 1.94. The summed E-state index contributed by atoms with van der Waals surface area (Å²) in [6.45, 7) is 4.23. The number of ether oxygens (including phenoxy) is 1. The molecule has 126 valence electrons. The number of nitrogens with zero attached hydrogens (tertiary/aromatic N) is 2. The van der Waals surface area contributed by atoms with Gasteiger partial charge in [-0.15, -0.1) is 0 Å². The van der Waals surface area contributed by atoms with E-state index in [1.54, 1.807) is 13.2 Å². The normalized spacial score (nSPS) is 12.5. The molecule has 0 aromatic carbocycles. The van der Waals surface area contributed by atoms with Crippen LogP contribution in [0, 0.1) is 6.92 Å². The summed E-state index contributed by atoms with van der Waals surface area (Å²) in [5, 5.41) is 10.7. The maximum atomic E-state index is 12.6. The Kier molecular flexibility index (Phi) is 4.61. The molecule has 1 atom stereocenters. The number of H-pyrrole nitrogens is 1. The van der Waals surface area contributed by atoms with E-state index in [-0.39, 0.29) is 11.9 Å². The van der Waals surface area contributed by atoms with Gasteiger partial charge in [0.25, 0.3) is 5.91 Å². The SMILES string of the molecule is CCc1ccc(C(COC)NC(=O)c2cnc3n[nH]c(C)c3c2)o1. The van der Waals surface area contributed by atoms with Crippen LogP contribution in [0.5, 0.6) is 0 Å². The molecule has 3 aromatic heterocycles. The zero-order chi connectivity index (χ0) is 17.1. The third-order valence-electron chi connectivity index (χ3n) is 3.88. The molecule has 3 heterocycles. The second-order valence-electron chi connectivity index (χ2n) is 5.58. The van der Waals surface area contributed by atoms with Gasteiger partial charge in [0.1, 0.15) is 17.6 Å². The topological polar surface area (TPSA) is 93.0 Å². The van der Waals surface area contributed by atoms with Crippen LogP contribution in [0.2, 0.25) is 0 Å². The highest BCUT2D eigenvalue weighted by Gasteiger charge is 2.20. The van der Waals surface area contributed by atoms with E-state index in [0.29, 0.717) is 23.6 Å². The standard InChI is InChI=1S/C17H20N4O3/c1-4-12-5-6-15(24-12)14(9-23-3)19-17(22)11-7-13-10(2)20-21-16(13)18-8-11/h5-8,14H,4,9H2,1-3H3,(H,19,22)(H,18,20,21). The molecule has 0 fully saturated rings. The first-order chi connectivity index (χ1) is 11.6. The summed E-state index contributed by atoms with van der Waals surface area (Å²) in [6.07, 6.45) is 2.31. The van der Waals surface area contributed by atoms with E-state index in [2.05, 4.69) is 20.5 Å². The molecular weight excluding hydrogens is 308 g/mol. The van der Waals surface area contributed by atoms with Crippen molar-refractivity contribution in [1.82, 2.24) is 20.5 Å². The third-order valence-corrected chi connectivity index (χ3v) is 3.88. The fourth-order valence-electron chi connectivity index (χ4n) is 2.52. The van der Waals surface area contributed by atoms with Crippen LogP contribution in [-0.2, 0) is 11.2 Å². The van der Waals surface area contributed by atoms with E-state index >= 15 is 0 Å². The van der Waals surface area contributed by atoms with Gasteiger partial charge in [0, 0.05) is 30.8 Å². The van der Waals surface area contributed by atoms with Crippen LogP contribution in [0.4, 0.5) is 0 Å². The van der Waals surface area contributed by atoms with Crippen molar-refractivity contribution in [2.24, 2.45) is 0 Å². The molecule has 0 spiro atoms. The number of carbonyl (C=O) groups is 1. The van der Waals surface area contributed by atoms with E-state index in [1.807, 2.05) is 26.0 Å². The Morgan fingerprint density at radius 2 is 2.29 bits per heavy atom. The number of aryl methyl sites for hydroxylation is 2. The monoisotopic (exact) mass is 328 g/mol. The van der Waals surface area contributed by atoms with Crippen molar-refractivity contribution < 1.29 is 13.9 Å². The van der Waals surface area contributed by atoms with Crippen molar-refractivity contribution in [2.45, 2.75) is 26.3 Å². The van der Waals surface area contributed by atoms with Crippen molar-refractivity contribution in [3.05, 3.63) is 47.2 Å². The van der Waals surface area contributed by atoms with Crippen molar-refractivity contribution in [3.63, 3.8) is 0 Å². The third kappa shape index (κ3) is 3.16. The Bertz CT molecular complexity index is 853. The molecule has 1 unspecified atom stereocenters. The summed E-state index contributed by atoms with van der Waals surface area (Å²) in [6, 6.07) is 5.20. The van der Waals surface area contributed by atoms with Gasteiger partial charge >= 0.3 is 0 Å². The molecule has 0 saturated carbocycles. The van der Waals surface area contributed by atoms with E-state index in [9.17, 15) is 4.79 Å². The van der Waals surface area contributed by atoms with Crippen molar-refractivity contribution in [3.8, 4) is 0 Å². The largest absolute Gasteiger partial charge is 0.464 e. The average molecular weight is 328 g/mol. The smallest absolute Gasteiger partial charge is 0.253 e. The van der Waals surface area contributed by atoms with Crippen LogP contribution in [0.25, 0.3) is 11.0 Å². The van der Waals surface area contributed by atoms with Gasteiger partial charge in [0.2, 0.25) is 0 Å². The van der Waals surface area contributed by atoms with Gasteiger partial charge in [-0.2, -0.15) is 5.10 Å². The zero-order valence-electron chi connectivity index (χ0n) is 13.9. The van der Waals surface area contributed by atoms with Crippen LogP contribution in [0.1, 0.15) is 40.5 Å². The predicted molar refractivity (Wildman–Crippen MR) is 88.8 cm³/mol. The number of carbonyl (C=O) groups excluding carboxylic acids is 1. The fourth-order valence-corrected chi connectivity index (χ4v) is 2.52. The summed E-state index contributed by atoms with van der Waals surface area (Å²) in [7, 11) is 1.59. The number of fused-ring (bicyclic) bond motifs is 1. The van der Waals surface area contributed by atoms with Crippen LogP contribution < -0.4 is 5.32 Å². The summed E-state index contributed by atoms with van der Waals surface area (Å²) >= 11 is 0. The lowest BCUT2D eigenvalue weighted by molar-refractivity contribution is 0.0882. The van der Waals surface area contributed by atoms with Gasteiger partial charge in [-0.25, -0.2) is 4.98 Å². The van der Waals surface area contributed by atoms with Gasteiger partial charge in [0.15, 0.2) is 5.65 Å². The molecule has 0 aliphatic carbocycles. The van der Waals surface area contributed by atoms with Gasteiger partial charge in [-0.1, -0.05) is 6.92 Å². The average Bonchev–Trinajstić information content (AvgIpc) is 3.21. The predicted octanol–water partition coefficient (Wildman–Crippen LogP) is 2.54. The van der Waals surface area contributed by atoms with Crippen molar-refractivity contribution in [2.75, 3.05) is 13.7 Å². The molecule has 7 nitrogen and oxygen atoms in total. The number of hydrogen-bond acceptors (Lipinski definition) is 5. The number of aromatic nitrogens is 3. The molecule has 3 aromatic rings. The summed E-state index contributed by atoms with van der Waals surface area (Å²) in [4.78, 5) is 16.8. The van der Waals surface area contributed by atoms with Gasteiger partial charge in [-0.05, 0) is 25.1 Å². The number of nitrogens with one attached hydrogen (secondary N) is 2. The lowest BCUT2D eigenvalue weighted by atomic mass is 10.1. The van der Waals surface area contributed by atoms with Crippen LogP contribution in [-0.4, -0.2) is 34.8 Å². The number of aromatic amines is 1. The lowest BCUT2D eigenvalue weighted by Gasteiger charge is -2.15. The minimum absolute atomic E-state index is 0.235. The zero-order valence-corrected chi connectivity index (χ0v) is 13.9. The fraction of sp³-hybridized carbons (Fsp3) is 0.353. The molecule has 0 aliphatic rings. The number of amides is 1. The molecule has 24 heavy (non-hydrogen) atoms. The van der Waals surface area contributed by atoms with Gasteiger partial charge in [0.05, 0.1) is 12.2 Å². The molecule has 2 N–H and O–H groups in total. The van der Waals surface area contributed by atoms with Crippen molar-refractivity contribution >= 4 is 16.9 Å². The Hall–Kier alpha value is -2.67. The van der Waals surface area contributed by atoms with Gasteiger partial charge < -0.3 is 14.5 Å². The van der Waals surface area contributed by atoms with E-state index in [4.69, 9.17) is 9.15 Å². The van der Waals surface area contributed by atoms with Crippen LogP contribution >= 0.6 is 0 Å². The first-order valence-electron chi connectivity index (χ1n) is 7.81. The molecular formula is C17H20N4O3. The maximum Gasteiger partial charge on any atom is 0.253 e. The van der Waals surface area contributed by atoms with E-state index in [0.717, 1.165) is 23.3 Å². The Labute approximate surface area is 139 Å². The molecule has 0 radical (unpaired) electrons. The first-order valence-corrected chi connectivity index (χ1v) is 7.81. The minimum atomic E-state index is -0.357. The number of rotatable bonds is 6. The van der Waals surface area contributed by atoms with Crippen LogP contribution in [0.3, 0.4) is 0 Å². The van der Waals surface area contributed by atoms with Gasteiger partial charge in [-0.3, -0.25) is 9.89 Å². The Morgan fingerprint density at radius 1 is 1.46 bits per heavy atom. The molecule has 7 heteroatoms. The first kappa shape index (κ1) is 16.2. The molecule has 0 bridgehead atoms. The molecule has 0 saturated heterocycles. The van der Waals surface area contributed by atoms with Crippen LogP contribution in [0.15, 0.2) is 28.8 Å². The van der Waals surface area contributed by atoms with Crippen molar-refractivity contribution in [1.29, 1.82) is 0 Å². The summed E-state index contributed by atoms with van der Waals surface area (Å²) in [5.74, 6) is 1.31. The highest BCUT2D eigenvalue weighted by molar-refractivity contribution is 5.97. The maximum absolute atomic E-state index is 12.6. The van der Waals surface area contributed by atoms with E-state index in [1.165, 1.54) is 6.20 Å². The lowest BCUT2D eigenvalue weighted by Crippen LogP contribution is -2.31. The molecule has 0 aliphatic heterocycles. The number of methoxy groups -OCH3 is 1. The van der Waals surface area contributed by atoms with E-state index < -0.39 is 0 Å². The second kappa shape index (κ2) is 6.84. The Balaban J connectivity index is 1.82. The molecule has 3 rings (SSSR count). The number of pyridine rings is 1. The summed E-state index contributed by atoms with van der Waals surface area (Å²) < 4.78 is 10.9. The Morgan fingerprint density at radius 3 is 3.00 bits per heavy atom. The second-order valence-corrected chi connectivity index (χ2v) is 5.58. The quantitative estimate of drug-likeness (QED) is 0.725. The molecule has 1 amide bonds. The highest BCUT2D eigenvalue weighted by atomic mass is 16.5. The minimum Gasteiger partial charge on any atom is -0.464 e.